The van der Waals surface area contributed by atoms with Crippen molar-refractivity contribution in [2.75, 3.05) is 39.2 Å². The van der Waals surface area contributed by atoms with Gasteiger partial charge in [-0.3, -0.25) is 9.69 Å². The summed E-state index contributed by atoms with van der Waals surface area (Å²) in [6, 6.07) is 25.5. The highest BCUT2D eigenvalue weighted by Crippen LogP contribution is 2.33. The van der Waals surface area contributed by atoms with Gasteiger partial charge in [0.1, 0.15) is 5.75 Å². The number of hydrogen-bond acceptors (Lipinski definition) is 6. The predicted molar refractivity (Wildman–Crippen MR) is 151 cm³/mol. The molecule has 0 N–H and O–H groups in total. The fourth-order valence-corrected chi connectivity index (χ4v) is 4.95. The number of thiazole rings is 1. The Morgan fingerprint density at radius 2 is 1.64 bits per heavy atom. The second kappa shape index (κ2) is 11.0. The van der Waals surface area contributed by atoms with Crippen LogP contribution in [0.25, 0.3) is 32.4 Å². The molecule has 2 heterocycles. The number of carbonyl (C=O) groups excluding carboxylic acids is 1. The highest BCUT2D eigenvalue weighted by Gasteiger charge is 2.24. The molecule has 8 heteroatoms. The molecule has 0 aliphatic carbocycles. The highest BCUT2D eigenvalue weighted by atomic mass is 35.5. The van der Waals surface area contributed by atoms with Crippen molar-refractivity contribution in [3.63, 3.8) is 0 Å². The minimum atomic E-state index is -0.0892. The van der Waals surface area contributed by atoms with Gasteiger partial charge in [0.2, 0.25) is 0 Å². The Hall–Kier alpha value is -3.52. The third-order valence-corrected chi connectivity index (χ3v) is 6.91. The van der Waals surface area contributed by atoms with E-state index in [1.54, 1.807) is 12.0 Å². The van der Waals surface area contributed by atoms with Crippen LogP contribution in [0, 0.1) is 0 Å². The molecule has 0 spiro atoms. The summed E-state index contributed by atoms with van der Waals surface area (Å²) in [5, 5.41) is 1.50. The summed E-state index contributed by atoms with van der Waals surface area (Å²) >= 11 is 1.51. The number of pyridine rings is 1. The molecule has 0 bridgehead atoms. The first-order valence-corrected chi connectivity index (χ1v) is 12.2. The maximum absolute atomic E-state index is 14.2. The van der Waals surface area contributed by atoms with Crippen LogP contribution in [-0.2, 0) is 0 Å². The summed E-state index contributed by atoms with van der Waals surface area (Å²) in [4.78, 5) is 27.7. The maximum Gasteiger partial charge on any atom is 0.260 e. The second-order valence-electron chi connectivity index (χ2n) is 8.53. The molecule has 6 nitrogen and oxygen atoms in total. The van der Waals surface area contributed by atoms with Crippen molar-refractivity contribution in [2.24, 2.45) is 0 Å². The van der Waals surface area contributed by atoms with E-state index in [1.165, 1.54) is 11.3 Å². The molecule has 5 aromatic rings. The lowest BCUT2D eigenvalue weighted by atomic mass is 10.0. The Morgan fingerprint density at radius 1 is 0.889 bits per heavy atom. The van der Waals surface area contributed by atoms with Crippen LogP contribution in [-0.4, -0.2) is 55.1 Å². The molecule has 0 fully saturated rings. The van der Waals surface area contributed by atoms with E-state index in [1.807, 2.05) is 93.0 Å². The van der Waals surface area contributed by atoms with Crippen molar-refractivity contribution in [3.8, 4) is 17.0 Å². The first-order chi connectivity index (χ1) is 17.0. The predicted octanol–water partition coefficient (Wildman–Crippen LogP) is 6.15. The molecule has 5 rings (SSSR count). The van der Waals surface area contributed by atoms with Gasteiger partial charge < -0.3 is 9.64 Å². The molecule has 0 saturated carbocycles. The number of aromatic nitrogens is 2. The van der Waals surface area contributed by atoms with Gasteiger partial charge in [0.25, 0.3) is 5.91 Å². The molecule has 2 aromatic heterocycles. The second-order valence-corrected chi connectivity index (χ2v) is 9.54. The minimum Gasteiger partial charge on any atom is -0.497 e. The van der Waals surface area contributed by atoms with Gasteiger partial charge in [0.15, 0.2) is 5.13 Å². The van der Waals surface area contributed by atoms with E-state index in [0.717, 1.165) is 38.1 Å². The van der Waals surface area contributed by atoms with Gasteiger partial charge in [-0.25, -0.2) is 9.97 Å². The Bertz CT molecular complexity index is 1500. The Morgan fingerprint density at radius 3 is 2.39 bits per heavy atom. The van der Waals surface area contributed by atoms with E-state index in [-0.39, 0.29) is 18.3 Å². The zero-order valence-corrected chi connectivity index (χ0v) is 22.0. The number of nitrogens with zero attached hydrogens (tertiary/aromatic N) is 4. The van der Waals surface area contributed by atoms with Crippen LogP contribution in [0.3, 0.4) is 0 Å². The molecular formula is C28H27ClN4O2S. The van der Waals surface area contributed by atoms with Crippen molar-refractivity contribution in [2.45, 2.75) is 0 Å². The van der Waals surface area contributed by atoms with Crippen LogP contribution in [0.5, 0.6) is 5.75 Å². The quantitative estimate of drug-likeness (QED) is 0.258. The van der Waals surface area contributed by atoms with Gasteiger partial charge in [0.05, 0.1) is 34.1 Å². The number of fused-ring (bicyclic) bond motifs is 2. The largest absolute Gasteiger partial charge is 0.497 e. The van der Waals surface area contributed by atoms with E-state index in [9.17, 15) is 4.79 Å². The number of hydrogen-bond donors (Lipinski definition) is 0. The molecule has 0 unspecified atom stereocenters. The van der Waals surface area contributed by atoms with Gasteiger partial charge in [-0.2, -0.15) is 0 Å². The molecule has 0 radical (unpaired) electrons. The molecule has 1 amide bonds. The van der Waals surface area contributed by atoms with E-state index in [2.05, 4.69) is 4.90 Å². The van der Waals surface area contributed by atoms with Crippen LogP contribution < -0.4 is 9.64 Å². The lowest BCUT2D eigenvalue weighted by Crippen LogP contribution is -2.37. The van der Waals surface area contributed by atoms with Crippen molar-refractivity contribution in [3.05, 3.63) is 84.4 Å². The van der Waals surface area contributed by atoms with Gasteiger partial charge in [-0.1, -0.05) is 59.9 Å². The summed E-state index contributed by atoms with van der Waals surface area (Å²) < 4.78 is 6.37. The fraction of sp³-hybridized carbons (Fsp3) is 0.179. The molecule has 184 valence electrons. The lowest BCUT2D eigenvalue weighted by molar-refractivity contribution is 0.0986. The summed E-state index contributed by atoms with van der Waals surface area (Å²) in [5.41, 5.74) is 3.97. The summed E-state index contributed by atoms with van der Waals surface area (Å²) in [5.74, 6) is 0.654. The van der Waals surface area contributed by atoms with E-state index in [4.69, 9.17) is 14.7 Å². The molecular weight excluding hydrogens is 492 g/mol. The number of carbonyl (C=O) groups is 1. The topological polar surface area (TPSA) is 58.6 Å². The number of rotatable bonds is 7. The summed E-state index contributed by atoms with van der Waals surface area (Å²) in [6.07, 6.45) is 0. The van der Waals surface area contributed by atoms with Crippen LogP contribution in [0.1, 0.15) is 10.4 Å². The maximum atomic E-state index is 14.2. The SMILES string of the molecule is COc1ccc2sc(N(CCN(C)C)C(=O)c3cc(-c4ccccc4)nc4ccccc34)nc2c1.Cl. The molecule has 3 aromatic carbocycles. The van der Waals surface area contributed by atoms with Crippen LogP contribution in [0.15, 0.2) is 78.9 Å². The van der Waals surface area contributed by atoms with Crippen molar-refractivity contribution >= 4 is 55.9 Å². The molecule has 36 heavy (non-hydrogen) atoms. The van der Waals surface area contributed by atoms with Crippen molar-refractivity contribution in [1.82, 2.24) is 14.9 Å². The first-order valence-electron chi connectivity index (χ1n) is 11.4. The Labute approximate surface area is 220 Å². The molecule has 0 atom stereocenters. The standard InChI is InChI=1S/C28H26N4O2S.ClH/c1-31(2)15-16-32(28-30-25-17-20(34-3)13-14-26(25)35-28)27(33)22-18-24(19-9-5-4-6-10-19)29-23-12-8-7-11-21(22)23;/h4-14,17-18H,15-16H2,1-3H3;1H. The number of benzene rings is 3. The smallest absolute Gasteiger partial charge is 0.260 e. The fourth-order valence-electron chi connectivity index (χ4n) is 3.98. The number of methoxy groups -OCH3 is 1. The average Bonchev–Trinajstić information content (AvgIpc) is 3.31. The number of para-hydroxylation sites is 1. The van der Waals surface area contributed by atoms with Gasteiger partial charge in [0, 0.05) is 30.1 Å². The highest BCUT2D eigenvalue weighted by molar-refractivity contribution is 7.22. The number of ether oxygens (including phenoxy) is 1. The zero-order chi connectivity index (χ0) is 24.4. The van der Waals surface area contributed by atoms with Crippen molar-refractivity contribution < 1.29 is 9.53 Å². The van der Waals surface area contributed by atoms with Gasteiger partial charge in [-0.15, -0.1) is 12.4 Å². The van der Waals surface area contributed by atoms with E-state index in [0.29, 0.717) is 23.8 Å². The third kappa shape index (κ3) is 5.18. The van der Waals surface area contributed by atoms with E-state index >= 15 is 0 Å². The summed E-state index contributed by atoms with van der Waals surface area (Å²) in [6.45, 7) is 1.22. The minimum absolute atomic E-state index is 0. The van der Waals surface area contributed by atoms with Crippen LogP contribution in [0.2, 0.25) is 0 Å². The third-order valence-electron chi connectivity index (χ3n) is 5.85. The number of halogens is 1. The summed E-state index contributed by atoms with van der Waals surface area (Å²) in [7, 11) is 5.64. The van der Waals surface area contributed by atoms with Gasteiger partial charge >= 0.3 is 0 Å². The Balaban J connectivity index is 0.00000304. The number of amides is 1. The number of likely N-dealkylation sites (N-methyl/N-ethyl adjacent to an activating group) is 1. The zero-order valence-electron chi connectivity index (χ0n) is 20.3. The lowest BCUT2D eigenvalue weighted by Gasteiger charge is -2.23. The van der Waals surface area contributed by atoms with Crippen LogP contribution in [0.4, 0.5) is 5.13 Å². The number of anilines is 1. The van der Waals surface area contributed by atoms with Crippen molar-refractivity contribution in [1.29, 1.82) is 0 Å². The Kier molecular flexibility index (Phi) is 7.84. The molecule has 0 aliphatic rings. The normalized spacial score (nSPS) is 11.0. The monoisotopic (exact) mass is 518 g/mol. The molecule has 0 saturated heterocycles. The molecule has 0 aliphatic heterocycles. The average molecular weight is 519 g/mol. The van der Waals surface area contributed by atoms with Crippen LogP contribution >= 0.6 is 23.7 Å². The van der Waals surface area contributed by atoms with E-state index < -0.39 is 0 Å². The first kappa shape index (κ1) is 25.6. The van der Waals surface area contributed by atoms with Gasteiger partial charge in [-0.05, 0) is 38.4 Å².